The van der Waals surface area contributed by atoms with E-state index in [-0.39, 0.29) is 0 Å². The average molecular weight is 159 g/mol. The van der Waals surface area contributed by atoms with Gasteiger partial charge in [0.05, 0.1) is 0 Å². The predicted octanol–water partition coefficient (Wildman–Crippen LogP) is 2.53. The van der Waals surface area contributed by atoms with E-state index in [1.165, 1.54) is 30.5 Å². The number of hydrogen-bond acceptors (Lipinski definition) is 1. The summed E-state index contributed by atoms with van der Waals surface area (Å²) in [6.45, 7) is 1.13. The molecular weight excluding hydrogens is 146 g/mol. The molecule has 1 aliphatic heterocycles. The Morgan fingerprint density at radius 3 is 3.00 bits per heavy atom. The Hall–Kier alpha value is -0.980. The van der Waals surface area contributed by atoms with Gasteiger partial charge in [0.1, 0.15) is 0 Å². The van der Waals surface area contributed by atoms with Crippen LogP contribution in [0.1, 0.15) is 29.9 Å². The summed E-state index contributed by atoms with van der Waals surface area (Å²) in [6, 6.07) is 6.93. The minimum Gasteiger partial charge on any atom is -0.384 e. The van der Waals surface area contributed by atoms with E-state index >= 15 is 0 Å². The minimum atomic E-state index is 0.899. The standard InChI is InChI=1S/C11H13N/c1-2-8(1)9-3-4-11-10(7-9)5-6-12-11/h3-4,7-8,12H,1-2,5-6H2. The van der Waals surface area contributed by atoms with Crippen LogP contribution in [0.5, 0.6) is 0 Å². The van der Waals surface area contributed by atoms with E-state index in [2.05, 4.69) is 23.5 Å². The lowest BCUT2D eigenvalue weighted by Gasteiger charge is -2.02. The fraction of sp³-hybridized carbons (Fsp3) is 0.455. The molecule has 0 amide bonds. The summed E-state index contributed by atoms with van der Waals surface area (Å²) in [7, 11) is 0. The van der Waals surface area contributed by atoms with Crippen LogP contribution in [-0.2, 0) is 6.42 Å². The number of fused-ring (bicyclic) bond motifs is 1. The molecule has 1 nitrogen and oxygen atoms in total. The summed E-state index contributed by atoms with van der Waals surface area (Å²) in [4.78, 5) is 0. The van der Waals surface area contributed by atoms with E-state index in [4.69, 9.17) is 0 Å². The molecule has 0 spiro atoms. The number of anilines is 1. The smallest absolute Gasteiger partial charge is 0.0373 e. The van der Waals surface area contributed by atoms with Gasteiger partial charge in [-0.2, -0.15) is 0 Å². The third kappa shape index (κ3) is 0.927. The molecule has 0 aromatic heterocycles. The van der Waals surface area contributed by atoms with Gasteiger partial charge < -0.3 is 5.32 Å². The van der Waals surface area contributed by atoms with Gasteiger partial charge in [0.25, 0.3) is 0 Å². The average Bonchev–Trinajstić information content (AvgIpc) is 2.84. The minimum absolute atomic E-state index is 0.899. The highest BCUT2D eigenvalue weighted by molar-refractivity contribution is 5.57. The van der Waals surface area contributed by atoms with E-state index in [0.717, 1.165) is 12.5 Å². The SMILES string of the molecule is c1cc2c(cc1C1CC1)CCN2. The molecule has 0 saturated heterocycles. The van der Waals surface area contributed by atoms with Crippen LogP contribution in [0.25, 0.3) is 0 Å². The van der Waals surface area contributed by atoms with Crippen molar-refractivity contribution in [1.29, 1.82) is 0 Å². The Bertz CT molecular complexity index is 313. The van der Waals surface area contributed by atoms with Crippen molar-refractivity contribution in [3.8, 4) is 0 Å². The van der Waals surface area contributed by atoms with Crippen molar-refractivity contribution in [2.45, 2.75) is 25.2 Å². The molecule has 0 atom stereocenters. The number of benzene rings is 1. The molecule has 1 aromatic carbocycles. The molecule has 1 aliphatic carbocycles. The van der Waals surface area contributed by atoms with Crippen LogP contribution in [0, 0.1) is 0 Å². The highest BCUT2D eigenvalue weighted by atomic mass is 14.9. The molecule has 1 heterocycles. The summed E-state index contributed by atoms with van der Waals surface area (Å²) in [5.74, 6) is 0.899. The van der Waals surface area contributed by atoms with Crippen LogP contribution in [0.15, 0.2) is 18.2 Å². The Morgan fingerprint density at radius 1 is 1.25 bits per heavy atom. The molecule has 0 bridgehead atoms. The van der Waals surface area contributed by atoms with Gasteiger partial charge in [-0.3, -0.25) is 0 Å². The van der Waals surface area contributed by atoms with E-state index in [1.54, 1.807) is 5.56 Å². The largest absolute Gasteiger partial charge is 0.384 e. The zero-order chi connectivity index (χ0) is 7.97. The maximum atomic E-state index is 3.39. The van der Waals surface area contributed by atoms with Crippen LogP contribution < -0.4 is 5.32 Å². The van der Waals surface area contributed by atoms with Crippen molar-refractivity contribution >= 4 is 5.69 Å². The molecule has 2 aliphatic rings. The Balaban J connectivity index is 2.03. The lowest BCUT2D eigenvalue weighted by atomic mass is 10.1. The molecule has 1 saturated carbocycles. The summed E-state index contributed by atoms with van der Waals surface area (Å²) >= 11 is 0. The number of rotatable bonds is 1. The van der Waals surface area contributed by atoms with Gasteiger partial charge >= 0.3 is 0 Å². The maximum Gasteiger partial charge on any atom is 0.0373 e. The molecule has 1 heteroatoms. The van der Waals surface area contributed by atoms with E-state index in [9.17, 15) is 0 Å². The quantitative estimate of drug-likeness (QED) is 0.664. The van der Waals surface area contributed by atoms with Crippen molar-refractivity contribution in [1.82, 2.24) is 0 Å². The second kappa shape index (κ2) is 2.25. The van der Waals surface area contributed by atoms with Crippen molar-refractivity contribution in [3.63, 3.8) is 0 Å². The summed E-state index contributed by atoms with van der Waals surface area (Å²) < 4.78 is 0. The predicted molar refractivity (Wildman–Crippen MR) is 50.6 cm³/mol. The molecular formula is C11H13N. The highest BCUT2D eigenvalue weighted by Gasteiger charge is 2.24. The monoisotopic (exact) mass is 159 g/mol. The lowest BCUT2D eigenvalue weighted by molar-refractivity contribution is 1.08. The molecule has 12 heavy (non-hydrogen) atoms. The molecule has 0 radical (unpaired) electrons. The Morgan fingerprint density at radius 2 is 2.17 bits per heavy atom. The van der Waals surface area contributed by atoms with Gasteiger partial charge in [0, 0.05) is 12.2 Å². The lowest BCUT2D eigenvalue weighted by Crippen LogP contribution is -1.90. The zero-order valence-corrected chi connectivity index (χ0v) is 7.14. The van der Waals surface area contributed by atoms with E-state index in [0.29, 0.717) is 0 Å². The first-order valence-corrected chi connectivity index (χ1v) is 4.80. The van der Waals surface area contributed by atoms with Gasteiger partial charge in [-0.25, -0.2) is 0 Å². The van der Waals surface area contributed by atoms with Crippen LogP contribution >= 0.6 is 0 Å². The third-order valence-corrected chi connectivity index (χ3v) is 2.89. The number of nitrogens with one attached hydrogen (secondary N) is 1. The first-order chi connectivity index (χ1) is 5.93. The third-order valence-electron chi connectivity index (χ3n) is 2.89. The Labute approximate surface area is 72.8 Å². The Kier molecular flexibility index (Phi) is 1.23. The van der Waals surface area contributed by atoms with Gasteiger partial charge in [-0.15, -0.1) is 0 Å². The van der Waals surface area contributed by atoms with Crippen LogP contribution in [0.4, 0.5) is 5.69 Å². The molecule has 1 aromatic rings. The van der Waals surface area contributed by atoms with Gasteiger partial charge in [-0.1, -0.05) is 12.1 Å². The first kappa shape index (κ1) is 6.53. The van der Waals surface area contributed by atoms with Crippen molar-refractivity contribution in [2.75, 3.05) is 11.9 Å². The molecule has 3 rings (SSSR count). The number of hydrogen-bond donors (Lipinski definition) is 1. The fourth-order valence-corrected chi connectivity index (χ4v) is 2.00. The molecule has 1 fully saturated rings. The summed E-state index contributed by atoms with van der Waals surface area (Å²) in [5, 5.41) is 3.39. The summed E-state index contributed by atoms with van der Waals surface area (Å²) in [5.41, 5.74) is 4.45. The van der Waals surface area contributed by atoms with Gasteiger partial charge in [0.2, 0.25) is 0 Å². The maximum absolute atomic E-state index is 3.39. The van der Waals surface area contributed by atoms with Crippen molar-refractivity contribution in [2.24, 2.45) is 0 Å². The van der Waals surface area contributed by atoms with Gasteiger partial charge in [-0.05, 0) is 42.4 Å². The van der Waals surface area contributed by atoms with Crippen LogP contribution in [0.3, 0.4) is 0 Å². The van der Waals surface area contributed by atoms with Crippen molar-refractivity contribution < 1.29 is 0 Å². The van der Waals surface area contributed by atoms with Gasteiger partial charge in [0.15, 0.2) is 0 Å². The van der Waals surface area contributed by atoms with E-state index < -0.39 is 0 Å². The van der Waals surface area contributed by atoms with E-state index in [1.807, 2.05) is 0 Å². The van der Waals surface area contributed by atoms with Crippen LogP contribution in [-0.4, -0.2) is 6.54 Å². The first-order valence-electron chi connectivity index (χ1n) is 4.80. The molecule has 1 N–H and O–H groups in total. The fourth-order valence-electron chi connectivity index (χ4n) is 2.00. The topological polar surface area (TPSA) is 12.0 Å². The van der Waals surface area contributed by atoms with Crippen LogP contribution in [0.2, 0.25) is 0 Å². The second-order valence-electron chi connectivity index (χ2n) is 3.87. The molecule has 62 valence electrons. The normalized spacial score (nSPS) is 20.3. The summed E-state index contributed by atoms with van der Waals surface area (Å²) in [6.07, 6.45) is 4.04. The second-order valence-corrected chi connectivity index (χ2v) is 3.87. The zero-order valence-electron chi connectivity index (χ0n) is 7.14. The highest BCUT2D eigenvalue weighted by Crippen LogP contribution is 2.41. The molecule has 0 unspecified atom stereocenters. The van der Waals surface area contributed by atoms with Crippen molar-refractivity contribution in [3.05, 3.63) is 29.3 Å².